The van der Waals surface area contributed by atoms with Gasteiger partial charge in [-0.1, -0.05) is 23.7 Å². The van der Waals surface area contributed by atoms with E-state index < -0.39 is 10.8 Å². The lowest BCUT2D eigenvalue weighted by Gasteiger charge is -2.05. The molecule has 0 atom stereocenters. The van der Waals surface area contributed by atoms with Gasteiger partial charge in [-0.15, -0.1) is 0 Å². The lowest BCUT2D eigenvalue weighted by molar-refractivity contribution is -0.384. The number of carbonyl (C=O) groups is 1. The van der Waals surface area contributed by atoms with Gasteiger partial charge < -0.3 is 5.32 Å². The van der Waals surface area contributed by atoms with E-state index in [4.69, 9.17) is 11.6 Å². The van der Waals surface area contributed by atoms with Gasteiger partial charge >= 0.3 is 0 Å². The molecular weight excluding hydrogens is 308 g/mol. The molecule has 0 fully saturated rings. The zero-order valence-electron chi connectivity index (χ0n) is 11.0. The Bertz CT molecular complexity index is 891. The van der Waals surface area contributed by atoms with Crippen LogP contribution in [-0.2, 0) is 0 Å². The van der Waals surface area contributed by atoms with E-state index in [-0.39, 0.29) is 11.4 Å². The molecule has 110 valence electrons. The van der Waals surface area contributed by atoms with Crippen molar-refractivity contribution in [3.8, 4) is 0 Å². The standard InChI is InChI=1S/C14H9ClN4O3/c15-10-3-1-2-4-12(10)16-14(20)13-9-7-8(19(21)22)5-6-11(9)17-18-13/h1-7H,(H,16,20)(H,17,18). The van der Waals surface area contributed by atoms with Crippen molar-refractivity contribution in [2.24, 2.45) is 0 Å². The molecular formula is C14H9ClN4O3. The molecule has 3 aromatic rings. The molecule has 3 rings (SSSR count). The first-order valence-corrected chi connectivity index (χ1v) is 6.62. The van der Waals surface area contributed by atoms with Gasteiger partial charge in [-0.05, 0) is 18.2 Å². The number of para-hydroxylation sites is 1. The van der Waals surface area contributed by atoms with Gasteiger partial charge in [-0.3, -0.25) is 20.0 Å². The van der Waals surface area contributed by atoms with Crippen LogP contribution in [-0.4, -0.2) is 21.0 Å². The van der Waals surface area contributed by atoms with Crippen LogP contribution in [0.4, 0.5) is 11.4 Å². The number of amides is 1. The highest BCUT2D eigenvalue weighted by atomic mass is 35.5. The summed E-state index contributed by atoms with van der Waals surface area (Å²) in [6.45, 7) is 0. The summed E-state index contributed by atoms with van der Waals surface area (Å²) >= 11 is 5.98. The van der Waals surface area contributed by atoms with Gasteiger partial charge in [-0.25, -0.2) is 0 Å². The first-order valence-electron chi connectivity index (χ1n) is 6.24. The first-order chi connectivity index (χ1) is 10.6. The summed E-state index contributed by atoms with van der Waals surface area (Å²) < 4.78 is 0. The lowest BCUT2D eigenvalue weighted by Crippen LogP contribution is -2.13. The Morgan fingerprint density at radius 2 is 2.05 bits per heavy atom. The van der Waals surface area contributed by atoms with Crippen molar-refractivity contribution in [2.45, 2.75) is 0 Å². The Labute approximate surface area is 129 Å². The van der Waals surface area contributed by atoms with Crippen LogP contribution in [0, 0.1) is 10.1 Å². The summed E-state index contributed by atoms with van der Waals surface area (Å²) in [6, 6.07) is 10.9. The van der Waals surface area contributed by atoms with Crippen LogP contribution in [0.15, 0.2) is 42.5 Å². The molecule has 22 heavy (non-hydrogen) atoms. The highest BCUT2D eigenvalue weighted by Gasteiger charge is 2.18. The summed E-state index contributed by atoms with van der Waals surface area (Å²) in [5.41, 5.74) is 0.935. The third-order valence-electron chi connectivity index (χ3n) is 3.09. The number of aromatic nitrogens is 2. The third kappa shape index (κ3) is 2.49. The first kappa shape index (κ1) is 14.0. The molecule has 1 heterocycles. The van der Waals surface area contributed by atoms with Gasteiger partial charge in [0, 0.05) is 17.5 Å². The predicted molar refractivity (Wildman–Crippen MR) is 82.2 cm³/mol. The summed E-state index contributed by atoms with van der Waals surface area (Å²) in [7, 11) is 0. The topological polar surface area (TPSA) is 101 Å². The second-order valence-electron chi connectivity index (χ2n) is 4.49. The largest absolute Gasteiger partial charge is 0.319 e. The number of halogens is 1. The van der Waals surface area contributed by atoms with Crippen molar-refractivity contribution in [3.05, 3.63) is 63.3 Å². The molecule has 8 heteroatoms. The lowest BCUT2D eigenvalue weighted by atomic mass is 10.2. The molecule has 2 aromatic carbocycles. The molecule has 1 aromatic heterocycles. The predicted octanol–water partition coefficient (Wildman–Crippen LogP) is 3.38. The number of anilines is 1. The van der Waals surface area contributed by atoms with Crippen molar-refractivity contribution in [1.29, 1.82) is 0 Å². The molecule has 0 bridgehead atoms. The van der Waals surface area contributed by atoms with Gasteiger partial charge in [-0.2, -0.15) is 5.10 Å². The van der Waals surface area contributed by atoms with E-state index >= 15 is 0 Å². The monoisotopic (exact) mass is 316 g/mol. The Kier molecular flexibility index (Phi) is 3.48. The second-order valence-corrected chi connectivity index (χ2v) is 4.90. The van der Waals surface area contributed by atoms with Gasteiger partial charge in [0.05, 0.1) is 21.2 Å². The molecule has 0 unspecified atom stereocenters. The number of non-ortho nitro benzene ring substituents is 1. The van der Waals surface area contributed by atoms with E-state index in [0.29, 0.717) is 21.6 Å². The van der Waals surface area contributed by atoms with Crippen LogP contribution in [0.1, 0.15) is 10.5 Å². The average Bonchev–Trinajstić information content (AvgIpc) is 2.92. The molecule has 0 aliphatic rings. The Morgan fingerprint density at radius 3 is 2.77 bits per heavy atom. The van der Waals surface area contributed by atoms with Crippen LogP contribution in [0.25, 0.3) is 10.9 Å². The number of rotatable bonds is 3. The van der Waals surface area contributed by atoms with Crippen LogP contribution in [0.3, 0.4) is 0 Å². The number of benzene rings is 2. The second kappa shape index (κ2) is 5.45. The highest BCUT2D eigenvalue weighted by molar-refractivity contribution is 6.34. The van der Waals surface area contributed by atoms with Crippen molar-refractivity contribution in [1.82, 2.24) is 10.2 Å². The fraction of sp³-hybridized carbons (Fsp3) is 0. The number of fused-ring (bicyclic) bond motifs is 1. The maximum absolute atomic E-state index is 12.3. The van der Waals surface area contributed by atoms with E-state index in [1.165, 1.54) is 18.2 Å². The number of nitro groups is 1. The number of H-pyrrole nitrogens is 1. The molecule has 2 N–H and O–H groups in total. The molecule has 1 amide bonds. The minimum atomic E-state index is -0.526. The minimum Gasteiger partial charge on any atom is -0.319 e. The number of nitrogens with one attached hydrogen (secondary N) is 2. The molecule has 0 aliphatic heterocycles. The number of hydrogen-bond acceptors (Lipinski definition) is 4. The molecule has 0 aliphatic carbocycles. The SMILES string of the molecule is O=C(Nc1ccccc1Cl)c1n[nH]c2ccc([N+](=O)[O-])cc12. The number of aromatic amines is 1. The van der Waals surface area contributed by atoms with Gasteiger partial charge in [0.2, 0.25) is 0 Å². The van der Waals surface area contributed by atoms with Crippen molar-refractivity contribution in [3.63, 3.8) is 0 Å². The summed E-state index contributed by atoms with van der Waals surface area (Å²) in [5.74, 6) is -0.500. The average molecular weight is 317 g/mol. The highest BCUT2D eigenvalue weighted by Crippen LogP contribution is 2.25. The number of nitrogens with zero attached hydrogens (tertiary/aromatic N) is 2. The van der Waals surface area contributed by atoms with Crippen molar-refractivity contribution < 1.29 is 9.72 Å². The quantitative estimate of drug-likeness (QED) is 0.571. The number of hydrogen-bond donors (Lipinski definition) is 2. The zero-order valence-corrected chi connectivity index (χ0v) is 11.8. The molecule has 0 radical (unpaired) electrons. The fourth-order valence-corrected chi connectivity index (χ4v) is 2.22. The van der Waals surface area contributed by atoms with Crippen LogP contribution >= 0.6 is 11.6 Å². The molecule has 0 spiro atoms. The summed E-state index contributed by atoms with van der Waals surface area (Å²) in [5, 5.41) is 20.8. The Morgan fingerprint density at radius 1 is 1.27 bits per heavy atom. The van der Waals surface area contributed by atoms with E-state index in [1.54, 1.807) is 24.3 Å². The number of carbonyl (C=O) groups excluding carboxylic acids is 1. The van der Waals surface area contributed by atoms with Crippen LogP contribution < -0.4 is 5.32 Å². The Balaban J connectivity index is 1.99. The smallest absolute Gasteiger partial charge is 0.276 e. The minimum absolute atomic E-state index is 0.0682. The maximum atomic E-state index is 12.3. The molecule has 0 saturated carbocycles. The number of nitro benzene ring substituents is 1. The van der Waals surface area contributed by atoms with Crippen LogP contribution in [0.5, 0.6) is 0 Å². The van der Waals surface area contributed by atoms with E-state index in [9.17, 15) is 14.9 Å². The Hall–Kier alpha value is -2.93. The maximum Gasteiger partial charge on any atom is 0.276 e. The zero-order chi connectivity index (χ0) is 15.7. The van der Waals surface area contributed by atoms with Gasteiger partial charge in [0.15, 0.2) is 5.69 Å². The van der Waals surface area contributed by atoms with Crippen LogP contribution in [0.2, 0.25) is 5.02 Å². The fourth-order valence-electron chi connectivity index (χ4n) is 2.03. The van der Waals surface area contributed by atoms with E-state index in [0.717, 1.165) is 0 Å². The summed E-state index contributed by atoms with van der Waals surface area (Å²) in [4.78, 5) is 22.6. The summed E-state index contributed by atoms with van der Waals surface area (Å²) in [6.07, 6.45) is 0. The van der Waals surface area contributed by atoms with E-state index in [1.807, 2.05) is 0 Å². The molecule has 0 saturated heterocycles. The van der Waals surface area contributed by atoms with E-state index in [2.05, 4.69) is 15.5 Å². The van der Waals surface area contributed by atoms with Gasteiger partial charge in [0.1, 0.15) is 0 Å². The normalized spacial score (nSPS) is 10.6. The van der Waals surface area contributed by atoms with Crippen molar-refractivity contribution >= 4 is 39.8 Å². The third-order valence-corrected chi connectivity index (χ3v) is 3.42. The van der Waals surface area contributed by atoms with Crippen molar-refractivity contribution in [2.75, 3.05) is 5.32 Å². The molecule has 7 nitrogen and oxygen atoms in total. The van der Waals surface area contributed by atoms with Gasteiger partial charge in [0.25, 0.3) is 11.6 Å².